The normalized spacial score (nSPS) is 12.8. The number of nitrogens with zero attached hydrogens (tertiary/aromatic N) is 4. The predicted octanol–water partition coefficient (Wildman–Crippen LogP) is 5.32. The average molecular weight is 501 g/mol. The van der Waals surface area contributed by atoms with Crippen molar-refractivity contribution in [2.24, 2.45) is 0 Å². The van der Waals surface area contributed by atoms with Gasteiger partial charge in [0.1, 0.15) is 23.1 Å². The molecule has 0 saturated carbocycles. The summed E-state index contributed by atoms with van der Waals surface area (Å²) in [6.07, 6.45) is 3.45. The second kappa shape index (κ2) is 9.67. The lowest BCUT2D eigenvalue weighted by molar-refractivity contribution is 0.0958. The van der Waals surface area contributed by atoms with Crippen LogP contribution in [0.5, 0.6) is 5.75 Å². The summed E-state index contributed by atoms with van der Waals surface area (Å²) >= 11 is 0. The van der Waals surface area contributed by atoms with E-state index in [-0.39, 0.29) is 5.91 Å². The van der Waals surface area contributed by atoms with E-state index >= 15 is 0 Å². The monoisotopic (exact) mass is 500 g/mol. The summed E-state index contributed by atoms with van der Waals surface area (Å²) in [6.45, 7) is 0. The van der Waals surface area contributed by atoms with Crippen molar-refractivity contribution < 1.29 is 9.53 Å². The molecule has 0 saturated heterocycles. The van der Waals surface area contributed by atoms with Gasteiger partial charge < -0.3 is 15.8 Å². The van der Waals surface area contributed by atoms with E-state index in [0.717, 1.165) is 33.6 Å². The fourth-order valence-corrected chi connectivity index (χ4v) is 4.70. The van der Waals surface area contributed by atoms with Gasteiger partial charge in [0.25, 0.3) is 5.91 Å². The molecule has 8 nitrogen and oxygen atoms in total. The summed E-state index contributed by atoms with van der Waals surface area (Å²) in [5, 5.41) is 8.22. The second-order valence-corrected chi connectivity index (χ2v) is 8.83. The average Bonchev–Trinajstić information content (AvgIpc) is 3.35. The first-order valence-corrected chi connectivity index (χ1v) is 12.1. The molecule has 38 heavy (non-hydrogen) atoms. The number of hydrogen-bond acceptors (Lipinski definition) is 7. The van der Waals surface area contributed by atoms with E-state index in [9.17, 15) is 4.79 Å². The standard InChI is InChI=1S/C30H24N6O2/c1-38-22-14-12-20(13-15-22)27-23(34-26-18-32-25(31)17-33-26)16-24-28(19-8-4-2-5-9-19)29(35-36(24)30(27)37)21-10-6-3-7-11-21/h2-15,17-18H,16H2,1H3,(H2,31,32)(H,33,34). The molecule has 8 heteroatoms. The van der Waals surface area contributed by atoms with E-state index in [1.807, 2.05) is 84.9 Å². The number of nitrogen functional groups attached to an aromatic ring is 1. The van der Waals surface area contributed by atoms with E-state index in [0.29, 0.717) is 35.1 Å². The van der Waals surface area contributed by atoms with Gasteiger partial charge in [-0.3, -0.25) is 4.79 Å². The number of benzene rings is 3. The molecule has 0 spiro atoms. The van der Waals surface area contributed by atoms with Gasteiger partial charge in [0, 0.05) is 23.2 Å². The van der Waals surface area contributed by atoms with Gasteiger partial charge in [0.2, 0.25) is 0 Å². The number of fused-ring (bicyclic) bond motifs is 1. The van der Waals surface area contributed by atoms with Crippen LogP contribution in [0.1, 0.15) is 16.1 Å². The highest BCUT2D eigenvalue weighted by Gasteiger charge is 2.33. The van der Waals surface area contributed by atoms with Crippen LogP contribution in [0.15, 0.2) is 103 Å². The summed E-state index contributed by atoms with van der Waals surface area (Å²) in [5.41, 5.74) is 12.1. The minimum absolute atomic E-state index is 0.235. The highest BCUT2D eigenvalue weighted by Crippen LogP contribution is 2.40. The zero-order valence-corrected chi connectivity index (χ0v) is 20.6. The molecule has 0 aliphatic carbocycles. The van der Waals surface area contributed by atoms with Crippen molar-refractivity contribution in [3.8, 4) is 28.1 Å². The molecule has 3 aromatic carbocycles. The number of aromatic nitrogens is 4. The minimum Gasteiger partial charge on any atom is -0.497 e. The van der Waals surface area contributed by atoms with E-state index < -0.39 is 0 Å². The van der Waals surface area contributed by atoms with Gasteiger partial charge in [0.05, 0.1) is 30.8 Å². The Balaban J connectivity index is 1.55. The van der Waals surface area contributed by atoms with Crippen molar-refractivity contribution >= 4 is 23.1 Å². The van der Waals surface area contributed by atoms with Crippen LogP contribution >= 0.6 is 0 Å². The molecule has 0 radical (unpaired) electrons. The van der Waals surface area contributed by atoms with Crippen LogP contribution in [0.4, 0.5) is 11.6 Å². The number of nitrogens with one attached hydrogen (secondary N) is 1. The summed E-state index contributed by atoms with van der Waals surface area (Å²) in [4.78, 5) is 22.7. The maximum atomic E-state index is 14.2. The molecule has 0 unspecified atom stereocenters. The predicted molar refractivity (Wildman–Crippen MR) is 147 cm³/mol. The van der Waals surface area contributed by atoms with Gasteiger partial charge >= 0.3 is 0 Å². The third-order valence-electron chi connectivity index (χ3n) is 6.47. The molecule has 186 valence electrons. The van der Waals surface area contributed by atoms with Crippen molar-refractivity contribution in [3.05, 3.63) is 114 Å². The summed E-state index contributed by atoms with van der Waals surface area (Å²) < 4.78 is 6.86. The van der Waals surface area contributed by atoms with E-state index in [1.165, 1.54) is 10.9 Å². The Morgan fingerprint density at radius 1 is 0.842 bits per heavy atom. The van der Waals surface area contributed by atoms with Crippen LogP contribution in [-0.2, 0) is 6.42 Å². The fraction of sp³-hybridized carbons (Fsp3) is 0.0667. The maximum absolute atomic E-state index is 14.2. The lowest BCUT2D eigenvalue weighted by atomic mass is 9.92. The molecule has 5 aromatic rings. The van der Waals surface area contributed by atoms with Crippen LogP contribution < -0.4 is 15.8 Å². The lowest BCUT2D eigenvalue weighted by Gasteiger charge is -2.23. The molecule has 0 amide bonds. The van der Waals surface area contributed by atoms with Crippen LogP contribution in [0.3, 0.4) is 0 Å². The summed E-state index contributed by atoms with van der Waals surface area (Å²) in [7, 11) is 1.61. The first-order valence-electron chi connectivity index (χ1n) is 12.1. The highest BCUT2D eigenvalue weighted by molar-refractivity contribution is 6.23. The smallest absolute Gasteiger partial charge is 0.280 e. The Morgan fingerprint density at radius 2 is 1.53 bits per heavy atom. The molecule has 0 bridgehead atoms. The topological polar surface area (TPSA) is 108 Å². The first-order chi connectivity index (χ1) is 18.6. The summed E-state index contributed by atoms with van der Waals surface area (Å²) in [6, 6.07) is 27.3. The van der Waals surface area contributed by atoms with Crippen LogP contribution in [-0.4, -0.2) is 32.8 Å². The highest BCUT2D eigenvalue weighted by atomic mass is 16.5. The Morgan fingerprint density at radius 3 is 2.16 bits per heavy atom. The molecule has 3 heterocycles. The van der Waals surface area contributed by atoms with Crippen molar-refractivity contribution in [2.75, 3.05) is 18.2 Å². The van der Waals surface area contributed by atoms with Crippen LogP contribution in [0.25, 0.3) is 28.0 Å². The zero-order chi connectivity index (χ0) is 26.1. The van der Waals surface area contributed by atoms with Crippen molar-refractivity contribution in [1.29, 1.82) is 0 Å². The van der Waals surface area contributed by atoms with E-state index in [4.69, 9.17) is 15.6 Å². The third-order valence-corrected chi connectivity index (χ3v) is 6.47. The Bertz CT molecular complexity index is 1640. The lowest BCUT2D eigenvalue weighted by Crippen LogP contribution is -2.26. The fourth-order valence-electron chi connectivity index (χ4n) is 4.70. The number of methoxy groups -OCH3 is 1. The number of rotatable bonds is 6. The third kappa shape index (κ3) is 4.18. The van der Waals surface area contributed by atoms with Gasteiger partial charge in [-0.1, -0.05) is 72.8 Å². The molecule has 3 N–H and O–H groups in total. The SMILES string of the molecule is COc1ccc(C2=C(Nc3cnc(N)cn3)Cc3c(-c4ccccc4)c(-c4ccccc4)nn3C2=O)cc1. The number of carbonyl (C=O) groups is 1. The quantitative estimate of drug-likeness (QED) is 0.325. The molecular weight excluding hydrogens is 476 g/mol. The molecule has 0 atom stereocenters. The number of anilines is 2. The Kier molecular flexibility index (Phi) is 5.89. The number of ether oxygens (including phenoxy) is 1. The number of allylic oxidation sites excluding steroid dienone is 2. The molecular formula is C30H24N6O2. The van der Waals surface area contributed by atoms with E-state index in [1.54, 1.807) is 13.3 Å². The second-order valence-electron chi connectivity index (χ2n) is 8.83. The molecule has 2 aromatic heterocycles. The number of nitrogens with two attached hydrogens (primary N) is 1. The molecule has 1 aliphatic rings. The number of hydrogen-bond donors (Lipinski definition) is 2. The van der Waals surface area contributed by atoms with Crippen molar-refractivity contribution in [1.82, 2.24) is 19.7 Å². The van der Waals surface area contributed by atoms with E-state index in [2.05, 4.69) is 15.3 Å². The van der Waals surface area contributed by atoms with Crippen molar-refractivity contribution in [2.45, 2.75) is 6.42 Å². The molecule has 6 rings (SSSR count). The largest absolute Gasteiger partial charge is 0.497 e. The van der Waals surface area contributed by atoms with Gasteiger partial charge in [-0.15, -0.1) is 0 Å². The minimum atomic E-state index is -0.235. The molecule has 0 fully saturated rings. The number of carbonyl (C=O) groups excluding carboxylic acids is 1. The van der Waals surface area contributed by atoms with Crippen LogP contribution in [0, 0.1) is 0 Å². The van der Waals surface area contributed by atoms with Crippen LogP contribution in [0.2, 0.25) is 0 Å². The summed E-state index contributed by atoms with van der Waals surface area (Å²) in [5.74, 6) is 1.28. The molecule has 1 aliphatic heterocycles. The van der Waals surface area contributed by atoms with Gasteiger partial charge in [-0.25, -0.2) is 9.97 Å². The van der Waals surface area contributed by atoms with Gasteiger partial charge in [-0.2, -0.15) is 9.78 Å². The van der Waals surface area contributed by atoms with Gasteiger partial charge in [0.15, 0.2) is 0 Å². The van der Waals surface area contributed by atoms with Gasteiger partial charge in [-0.05, 0) is 23.3 Å². The zero-order valence-electron chi connectivity index (χ0n) is 20.6. The maximum Gasteiger partial charge on any atom is 0.280 e. The first kappa shape index (κ1) is 23.2. The Labute approximate surface area is 219 Å². The Hall–Kier alpha value is -5.24. The van der Waals surface area contributed by atoms with Crippen molar-refractivity contribution in [3.63, 3.8) is 0 Å².